The Balaban J connectivity index is 4.07. The lowest BCUT2D eigenvalue weighted by atomic mass is 10.1. The monoisotopic (exact) mass is 780 g/mol. The van der Waals surface area contributed by atoms with Crippen molar-refractivity contribution < 1.29 is 47.8 Å². The molecule has 0 rings (SSSR count). The number of carbonyl (C=O) groups is 2. The van der Waals surface area contributed by atoms with Gasteiger partial charge in [0.1, 0.15) is 12.2 Å². The van der Waals surface area contributed by atoms with E-state index in [0.29, 0.717) is 19.3 Å². The highest BCUT2D eigenvalue weighted by Crippen LogP contribution is 2.43. The van der Waals surface area contributed by atoms with Crippen LogP contribution in [0.5, 0.6) is 0 Å². The predicted octanol–water partition coefficient (Wildman–Crippen LogP) is 10.5. The lowest BCUT2D eigenvalue weighted by molar-refractivity contribution is -0.153. The second-order valence-corrected chi connectivity index (χ2v) is 14.7. The Kier molecular flexibility index (Phi) is 36.8. The second kappa shape index (κ2) is 38.7. The highest BCUT2D eigenvalue weighted by Gasteiger charge is 2.27. The van der Waals surface area contributed by atoms with Crippen molar-refractivity contribution >= 4 is 19.8 Å². The molecule has 0 aromatic heterocycles. The quantitative estimate of drug-likeness (QED) is 0.0241. The van der Waals surface area contributed by atoms with Gasteiger partial charge in [0.05, 0.1) is 26.4 Å². The van der Waals surface area contributed by atoms with Crippen molar-refractivity contribution in [3.63, 3.8) is 0 Å². The number of aliphatic hydroxyl groups is 2. The summed E-state index contributed by atoms with van der Waals surface area (Å²) < 4.78 is 32.4. The molecule has 0 radical (unpaired) electrons. The third-order valence-corrected chi connectivity index (χ3v) is 9.10. The lowest BCUT2D eigenvalue weighted by Gasteiger charge is -2.20. The molecule has 0 saturated heterocycles. The van der Waals surface area contributed by atoms with Gasteiger partial charge in [-0.15, -0.1) is 0 Å². The van der Waals surface area contributed by atoms with Crippen LogP contribution in [0.25, 0.3) is 0 Å². The SMILES string of the molecule is CC/C=C\C/C=C\C/C=C\C/C=C\C/C=C\CCCC(=O)OC(CO)COP(=O)(O)OCC(CO)OC(=O)CCCCCCC/C=C\CCCCCCC. The van der Waals surface area contributed by atoms with Crippen LogP contribution in [0.4, 0.5) is 0 Å². The van der Waals surface area contributed by atoms with E-state index in [1.165, 1.54) is 32.1 Å². The summed E-state index contributed by atoms with van der Waals surface area (Å²) in [6.45, 7) is 1.99. The maximum atomic E-state index is 12.3. The van der Waals surface area contributed by atoms with Crippen molar-refractivity contribution in [2.75, 3.05) is 26.4 Å². The fraction of sp³-hybridized carbons (Fsp3) is 0.674. The van der Waals surface area contributed by atoms with Crippen molar-refractivity contribution in [1.29, 1.82) is 0 Å². The van der Waals surface area contributed by atoms with Gasteiger partial charge in [-0.05, 0) is 77.0 Å². The van der Waals surface area contributed by atoms with E-state index in [1.807, 2.05) is 12.2 Å². The molecule has 0 aliphatic rings. The van der Waals surface area contributed by atoms with E-state index in [1.54, 1.807) is 0 Å². The van der Waals surface area contributed by atoms with Crippen molar-refractivity contribution in [1.82, 2.24) is 0 Å². The van der Waals surface area contributed by atoms with Gasteiger partial charge in [0.15, 0.2) is 0 Å². The summed E-state index contributed by atoms with van der Waals surface area (Å²) in [5.74, 6) is -1.09. The van der Waals surface area contributed by atoms with E-state index < -0.39 is 58.4 Å². The van der Waals surface area contributed by atoms with E-state index in [0.717, 1.165) is 70.6 Å². The molecule has 54 heavy (non-hydrogen) atoms. The number of aliphatic hydroxyl groups excluding tert-OH is 2. The summed E-state index contributed by atoms with van der Waals surface area (Å²) >= 11 is 0. The largest absolute Gasteiger partial charge is 0.472 e. The summed E-state index contributed by atoms with van der Waals surface area (Å²) in [6.07, 6.45) is 43.1. The maximum Gasteiger partial charge on any atom is 0.472 e. The first-order chi connectivity index (χ1) is 26.3. The van der Waals surface area contributed by atoms with E-state index >= 15 is 0 Å². The lowest BCUT2D eigenvalue weighted by Crippen LogP contribution is -2.28. The Morgan fingerprint density at radius 1 is 0.519 bits per heavy atom. The van der Waals surface area contributed by atoms with Crippen molar-refractivity contribution in [2.45, 2.75) is 161 Å². The zero-order valence-electron chi connectivity index (χ0n) is 33.4. The van der Waals surface area contributed by atoms with Crippen LogP contribution in [-0.2, 0) is 32.7 Å². The molecule has 3 N–H and O–H groups in total. The maximum absolute atomic E-state index is 12.3. The minimum absolute atomic E-state index is 0.110. The second-order valence-electron chi connectivity index (χ2n) is 13.2. The molecule has 0 bridgehead atoms. The van der Waals surface area contributed by atoms with Crippen LogP contribution < -0.4 is 0 Å². The molecular formula is C43H73O10P. The van der Waals surface area contributed by atoms with Gasteiger partial charge in [-0.25, -0.2) is 4.57 Å². The molecule has 0 saturated carbocycles. The Morgan fingerprint density at radius 3 is 1.35 bits per heavy atom. The van der Waals surface area contributed by atoms with Crippen molar-refractivity contribution in [3.05, 3.63) is 72.9 Å². The van der Waals surface area contributed by atoms with Crippen LogP contribution in [-0.4, -0.2) is 65.7 Å². The van der Waals surface area contributed by atoms with Crippen molar-refractivity contribution in [3.8, 4) is 0 Å². The average Bonchev–Trinajstić information content (AvgIpc) is 3.16. The number of unbranched alkanes of at least 4 members (excludes halogenated alkanes) is 11. The number of carbonyl (C=O) groups excluding carboxylic acids is 2. The Morgan fingerprint density at radius 2 is 0.889 bits per heavy atom. The van der Waals surface area contributed by atoms with Gasteiger partial charge in [-0.1, -0.05) is 132 Å². The van der Waals surface area contributed by atoms with Crippen LogP contribution in [0.3, 0.4) is 0 Å². The smallest absolute Gasteiger partial charge is 0.457 e. The first-order valence-electron chi connectivity index (χ1n) is 20.4. The number of hydrogen-bond acceptors (Lipinski definition) is 9. The zero-order valence-corrected chi connectivity index (χ0v) is 34.3. The highest BCUT2D eigenvalue weighted by atomic mass is 31.2. The molecule has 310 valence electrons. The third-order valence-electron chi connectivity index (χ3n) is 8.15. The summed E-state index contributed by atoms with van der Waals surface area (Å²) in [7, 11) is -4.65. The average molecular weight is 781 g/mol. The number of rotatable bonds is 37. The van der Waals surface area contributed by atoms with Gasteiger partial charge in [-0.3, -0.25) is 18.6 Å². The number of ether oxygens (including phenoxy) is 2. The zero-order chi connectivity index (χ0) is 39.8. The van der Waals surface area contributed by atoms with Crippen molar-refractivity contribution in [2.24, 2.45) is 0 Å². The number of esters is 2. The Hall–Kier alpha value is -2.59. The van der Waals surface area contributed by atoms with Crippen LogP contribution in [0.1, 0.15) is 149 Å². The first kappa shape index (κ1) is 51.4. The summed E-state index contributed by atoms with van der Waals surface area (Å²) in [5, 5.41) is 19.1. The minimum atomic E-state index is -4.65. The molecule has 11 heteroatoms. The standard InChI is InChI=1S/C43H73O10P/c1-3-5-7-9-11-13-15-17-19-20-21-23-25-27-29-31-33-35-43(47)53-41(37-45)39-51-54(48,49)50-38-40(36-44)52-42(46)34-32-30-28-26-24-22-18-16-14-12-10-8-6-4-2/h5,7,11,13,16-19,21,23,27,29,40-41,44-45H,3-4,6,8-10,12,14-15,20,22,24-26,28,30-39H2,1-2H3,(H,48,49)/b7-5-,13-11-,18-16-,19-17-,23-21-,29-27-. The molecule has 0 aliphatic carbocycles. The van der Waals surface area contributed by atoms with Gasteiger partial charge < -0.3 is 24.6 Å². The number of hydrogen-bond donors (Lipinski definition) is 3. The Bertz CT molecular complexity index is 1130. The van der Waals surface area contributed by atoms with Crippen LogP contribution in [0.15, 0.2) is 72.9 Å². The van der Waals surface area contributed by atoms with Gasteiger partial charge >= 0.3 is 19.8 Å². The van der Waals surface area contributed by atoms with Crippen LogP contribution in [0, 0.1) is 0 Å². The molecule has 3 unspecified atom stereocenters. The summed E-state index contributed by atoms with van der Waals surface area (Å²) in [6, 6.07) is 0. The molecule has 0 aliphatic heterocycles. The van der Waals surface area contributed by atoms with E-state index in [9.17, 15) is 29.3 Å². The van der Waals surface area contributed by atoms with Gasteiger partial charge in [-0.2, -0.15) is 0 Å². The Labute approximate surface area is 327 Å². The normalized spacial score (nSPS) is 14.7. The molecule has 0 heterocycles. The number of allylic oxidation sites excluding steroid dienone is 12. The number of phosphoric ester groups is 1. The van der Waals surface area contributed by atoms with Gasteiger partial charge in [0.25, 0.3) is 0 Å². The van der Waals surface area contributed by atoms with E-state index in [-0.39, 0.29) is 12.8 Å². The molecule has 0 aromatic rings. The topological polar surface area (TPSA) is 149 Å². The highest BCUT2D eigenvalue weighted by molar-refractivity contribution is 7.47. The van der Waals surface area contributed by atoms with Gasteiger partial charge in [0, 0.05) is 12.8 Å². The minimum Gasteiger partial charge on any atom is -0.457 e. The molecule has 0 spiro atoms. The molecule has 10 nitrogen and oxygen atoms in total. The predicted molar refractivity (Wildman–Crippen MR) is 219 cm³/mol. The number of phosphoric acid groups is 1. The fourth-order valence-corrected chi connectivity index (χ4v) is 5.81. The van der Waals surface area contributed by atoms with E-state index in [2.05, 4.69) is 74.6 Å². The summed E-state index contributed by atoms with van der Waals surface area (Å²) in [5.41, 5.74) is 0. The summed E-state index contributed by atoms with van der Waals surface area (Å²) in [4.78, 5) is 34.4. The van der Waals surface area contributed by atoms with Crippen LogP contribution >= 0.6 is 7.82 Å². The van der Waals surface area contributed by atoms with Gasteiger partial charge in [0.2, 0.25) is 0 Å². The molecular weight excluding hydrogens is 707 g/mol. The molecule has 0 amide bonds. The van der Waals surface area contributed by atoms with E-state index in [4.69, 9.17) is 18.5 Å². The van der Waals surface area contributed by atoms with Crippen LogP contribution in [0.2, 0.25) is 0 Å². The third kappa shape index (κ3) is 36.4. The first-order valence-corrected chi connectivity index (χ1v) is 21.9. The molecule has 3 atom stereocenters. The molecule has 0 fully saturated rings. The fourth-order valence-electron chi connectivity index (χ4n) is 5.03. The molecule has 0 aromatic carbocycles.